The SMILES string of the molecule is CCC(=O)N1CCc2cc(S(=O)(=O)NC(Cc3ccccc3)C(=O)NC(C)c3ccccc3)ccc21. The van der Waals surface area contributed by atoms with Gasteiger partial charge in [0.05, 0.1) is 10.9 Å². The Morgan fingerprint density at radius 2 is 1.64 bits per heavy atom. The van der Waals surface area contributed by atoms with Crippen LogP contribution in [0, 0.1) is 0 Å². The van der Waals surface area contributed by atoms with Crippen LogP contribution in [0.4, 0.5) is 5.69 Å². The van der Waals surface area contributed by atoms with Gasteiger partial charge in [-0.3, -0.25) is 9.59 Å². The lowest BCUT2D eigenvalue weighted by Crippen LogP contribution is -2.48. The summed E-state index contributed by atoms with van der Waals surface area (Å²) in [5, 5.41) is 2.95. The molecule has 4 rings (SSSR count). The van der Waals surface area contributed by atoms with Crippen molar-refractivity contribution in [3.8, 4) is 0 Å². The molecule has 7 nitrogen and oxygen atoms in total. The molecule has 0 aromatic heterocycles. The van der Waals surface area contributed by atoms with Crippen LogP contribution in [0.15, 0.2) is 83.8 Å². The van der Waals surface area contributed by atoms with Gasteiger partial charge >= 0.3 is 0 Å². The number of amides is 2. The molecule has 0 aliphatic carbocycles. The Morgan fingerprint density at radius 3 is 2.31 bits per heavy atom. The van der Waals surface area contributed by atoms with Gasteiger partial charge in [0.25, 0.3) is 0 Å². The van der Waals surface area contributed by atoms with Crippen molar-refractivity contribution in [2.45, 2.75) is 50.1 Å². The molecule has 0 saturated heterocycles. The highest BCUT2D eigenvalue weighted by Crippen LogP contribution is 2.30. The second kappa shape index (κ2) is 11.1. The molecule has 0 saturated carbocycles. The van der Waals surface area contributed by atoms with Crippen LogP contribution in [0.3, 0.4) is 0 Å². The van der Waals surface area contributed by atoms with Gasteiger partial charge in [-0.25, -0.2) is 8.42 Å². The summed E-state index contributed by atoms with van der Waals surface area (Å²) in [6, 6.07) is 22.3. The average molecular weight is 506 g/mol. The maximum absolute atomic E-state index is 13.4. The Morgan fingerprint density at radius 1 is 0.972 bits per heavy atom. The standard InChI is InChI=1S/C28H31N3O4S/c1-3-27(32)31-17-16-23-19-24(14-15-26(23)31)36(34,35)30-25(18-21-10-6-4-7-11-21)28(33)29-20(2)22-12-8-5-9-13-22/h4-15,19-20,25,30H,3,16-18H2,1-2H3,(H,29,33). The Hall–Kier alpha value is -3.49. The van der Waals surface area contributed by atoms with Crippen molar-refractivity contribution in [2.24, 2.45) is 0 Å². The smallest absolute Gasteiger partial charge is 0.241 e. The largest absolute Gasteiger partial charge is 0.348 e. The molecule has 0 bridgehead atoms. The molecule has 2 amide bonds. The molecule has 3 aromatic carbocycles. The Balaban J connectivity index is 1.57. The maximum Gasteiger partial charge on any atom is 0.241 e. The predicted molar refractivity (Wildman–Crippen MR) is 140 cm³/mol. The summed E-state index contributed by atoms with van der Waals surface area (Å²) in [7, 11) is -4.00. The number of carbonyl (C=O) groups is 2. The van der Waals surface area contributed by atoms with Gasteiger partial charge in [0.1, 0.15) is 6.04 Å². The molecule has 2 unspecified atom stereocenters. The van der Waals surface area contributed by atoms with Gasteiger partial charge in [-0.2, -0.15) is 4.72 Å². The van der Waals surface area contributed by atoms with E-state index in [1.807, 2.05) is 67.6 Å². The maximum atomic E-state index is 13.4. The minimum atomic E-state index is -4.00. The molecule has 188 valence electrons. The fourth-order valence-corrected chi connectivity index (χ4v) is 5.67. The van der Waals surface area contributed by atoms with Gasteiger partial charge < -0.3 is 10.2 Å². The van der Waals surface area contributed by atoms with E-state index in [-0.39, 0.29) is 23.3 Å². The summed E-state index contributed by atoms with van der Waals surface area (Å²) in [5.41, 5.74) is 3.32. The second-order valence-electron chi connectivity index (χ2n) is 8.94. The number of nitrogens with zero attached hydrogens (tertiary/aromatic N) is 1. The normalized spacial score (nSPS) is 14.7. The summed E-state index contributed by atoms with van der Waals surface area (Å²) in [4.78, 5) is 27.3. The number of rotatable bonds is 9. The molecule has 8 heteroatoms. The fraction of sp³-hybridized carbons (Fsp3) is 0.286. The van der Waals surface area contributed by atoms with Crippen molar-refractivity contribution in [3.05, 3.63) is 95.6 Å². The number of sulfonamides is 1. The van der Waals surface area contributed by atoms with Crippen molar-refractivity contribution >= 4 is 27.5 Å². The number of hydrogen-bond donors (Lipinski definition) is 2. The first-order valence-corrected chi connectivity index (χ1v) is 13.6. The van der Waals surface area contributed by atoms with Crippen LogP contribution in [-0.4, -0.2) is 32.8 Å². The third-order valence-electron chi connectivity index (χ3n) is 6.42. The molecule has 2 N–H and O–H groups in total. The summed E-state index contributed by atoms with van der Waals surface area (Å²) >= 11 is 0. The van der Waals surface area contributed by atoms with Crippen molar-refractivity contribution in [3.63, 3.8) is 0 Å². The molecular weight excluding hydrogens is 474 g/mol. The Labute approximate surface area is 212 Å². The van der Waals surface area contributed by atoms with Gasteiger partial charge in [-0.15, -0.1) is 0 Å². The van der Waals surface area contributed by atoms with Crippen LogP contribution in [0.2, 0.25) is 0 Å². The van der Waals surface area contributed by atoms with Crippen molar-refractivity contribution < 1.29 is 18.0 Å². The first kappa shape index (κ1) is 25.6. The van der Waals surface area contributed by atoms with E-state index >= 15 is 0 Å². The molecule has 36 heavy (non-hydrogen) atoms. The van der Waals surface area contributed by atoms with E-state index < -0.39 is 22.0 Å². The Bertz CT molecular complexity index is 1330. The van der Waals surface area contributed by atoms with Gasteiger partial charge in [-0.05, 0) is 54.7 Å². The first-order chi connectivity index (χ1) is 17.3. The molecule has 1 aliphatic rings. The van der Waals surface area contributed by atoms with E-state index in [1.165, 1.54) is 6.07 Å². The van der Waals surface area contributed by atoms with Gasteiger partial charge in [-0.1, -0.05) is 67.6 Å². The summed E-state index contributed by atoms with van der Waals surface area (Å²) in [6.45, 7) is 4.21. The third kappa shape index (κ3) is 5.83. The molecule has 0 radical (unpaired) electrons. The molecule has 0 spiro atoms. The average Bonchev–Trinajstić information content (AvgIpc) is 3.32. The zero-order valence-electron chi connectivity index (χ0n) is 20.5. The van der Waals surface area contributed by atoms with Crippen LogP contribution >= 0.6 is 0 Å². The number of hydrogen-bond acceptors (Lipinski definition) is 4. The Kier molecular flexibility index (Phi) is 7.86. The topological polar surface area (TPSA) is 95.6 Å². The minimum absolute atomic E-state index is 0.00890. The van der Waals surface area contributed by atoms with E-state index in [0.717, 1.165) is 22.4 Å². The number of carbonyl (C=O) groups excluding carboxylic acids is 2. The zero-order valence-corrected chi connectivity index (χ0v) is 21.3. The lowest BCUT2D eigenvalue weighted by atomic mass is 10.0. The fourth-order valence-electron chi connectivity index (χ4n) is 4.43. The lowest BCUT2D eigenvalue weighted by molar-refractivity contribution is -0.123. The number of fused-ring (bicyclic) bond motifs is 1. The number of benzene rings is 3. The number of anilines is 1. The van der Waals surface area contributed by atoms with E-state index in [0.29, 0.717) is 19.4 Å². The molecule has 1 aliphatic heterocycles. The second-order valence-corrected chi connectivity index (χ2v) is 10.7. The van der Waals surface area contributed by atoms with Gasteiger partial charge in [0.15, 0.2) is 0 Å². The predicted octanol–water partition coefficient (Wildman–Crippen LogP) is 3.75. The monoisotopic (exact) mass is 505 g/mol. The van der Waals surface area contributed by atoms with Crippen LogP contribution < -0.4 is 14.9 Å². The van der Waals surface area contributed by atoms with Crippen molar-refractivity contribution in [1.29, 1.82) is 0 Å². The lowest BCUT2D eigenvalue weighted by Gasteiger charge is -2.22. The highest BCUT2D eigenvalue weighted by molar-refractivity contribution is 7.89. The molecule has 2 atom stereocenters. The van der Waals surface area contributed by atoms with E-state index in [1.54, 1.807) is 24.0 Å². The molecular formula is C28H31N3O4S. The van der Waals surface area contributed by atoms with Crippen LogP contribution in [0.25, 0.3) is 0 Å². The molecule has 1 heterocycles. The van der Waals surface area contributed by atoms with Crippen LogP contribution in [0.1, 0.15) is 43.0 Å². The zero-order chi connectivity index (χ0) is 25.7. The minimum Gasteiger partial charge on any atom is -0.348 e. The highest BCUT2D eigenvalue weighted by Gasteiger charge is 2.30. The number of nitrogens with one attached hydrogen (secondary N) is 2. The van der Waals surface area contributed by atoms with Crippen LogP contribution in [0.5, 0.6) is 0 Å². The third-order valence-corrected chi connectivity index (χ3v) is 7.88. The molecule has 3 aromatic rings. The van der Waals surface area contributed by atoms with Crippen molar-refractivity contribution in [2.75, 3.05) is 11.4 Å². The van der Waals surface area contributed by atoms with E-state index in [4.69, 9.17) is 0 Å². The summed E-state index contributed by atoms with van der Waals surface area (Å²) in [6.07, 6.45) is 1.18. The van der Waals surface area contributed by atoms with E-state index in [9.17, 15) is 18.0 Å². The summed E-state index contributed by atoms with van der Waals surface area (Å²) < 4.78 is 29.4. The summed E-state index contributed by atoms with van der Waals surface area (Å²) in [5.74, 6) is -0.394. The van der Waals surface area contributed by atoms with Crippen LogP contribution in [-0.2, 0) is 32.5 Å². The van der Waals surface area contributed by atoms with Gasteiger partial charge in [0, 0.05) is 18.7 Å². The highest BCUT2D eigenvalue weighted by atomic mass is 32.2. The quantitative estimate of drug-likeness (QED) is 0.463. The molecule has 0 fully saturated rings. The van der Waals surface area contributed by atoms with Crippen molar-refractivity contribution in [1.82, 2.24) is 10.0 Å². The first-order valence-electron chi connectivity index (χ1n) is 12.1. The van der Waals surface area contributed by atoms with E-state index in [2.05, 4.69) is 10.0 Å². The van der Waals surface area contributed by atoms with Gasteiger partial charge in [0.2, 0.25) is 21.8 Å².